The van der Waals surface area contributed by atoms with Gasteiger partial charge in [-0.05, 0) is 24.9 Å². The van der Waals surface area contributed by atoms with E-state index in [9.17, 15) is 0 Å². The summed E-state index contributed by atoms with van der Waals surface area (Å²) in [6, 6.07) is 12.5. The molecule has 0 amide bonds. The Bertz CT molecular complexity index is 513. The third-order valence-electron chi connectivity index (χ3n) is 3.24. The van der Waals surface area contributed by atoms with Crippen molar-refractivity contribution in [3.63, 3.8) is 0 Å². The van der Waals surface area contributed by atoms with Gasteiger partial charge in [-0.2, -0.15) is 0 Å². The highest BCUT2D eigenvalue weighted by molar-refractivity contribution is 5.40. The van der Waals surface area contributed by atoms with Crippen LogP contribution in [0.3, 0.4) is 0 Å². The first-order chi connectivity index (χ1) is 9.83. The van der Waals surface area contributed by atoms with Crippen LogP contribution in [0.5, 0.6) is 0 Å². The molecule has 4 nitrogen and oxygen atoms in total. The van der Waals surface area contributed by atoms with E-state index in [1.54, 1.807) is 6.33 Å². The summed E-state index contributed by atoms with van der Waals surface area (Å²) in [6.45, 7) is 4.55. The fourth-order valence-electron chi connectivity index (χ4n) is 2.11. The zero-order chi connectivity index (χ0) is 14.2. The molecule has 0 saturated heterocycles. The molecule has 0 radical (unpaired) electrons. The second-order valence-corrected chi connectivity index (χ2v) is 4.77. The summed E-state index contributed by atoms with van der Waals surface area (Å²) >= 11 is 0. The van der Waals surface area contributed by atoms with Gasteiger partial charge in [-0.25, -0.2) is 9.97 Å². The van der Waals surface area contributed by atoms with Crippen molar-refractivity contribution in [2.75, 3.05) is 18.0 Å². The molecule has 0 fully saturated rings. The van der Waals surface area contributed by atoms with Crippen molar-refractivity contribution < 1.29 is 0 Å². The maximum absolute atomic E-state index is 5.64. The normalized spacial score (nSPS) is 10.5. The minimum absolute atomic E-state index is 0.691. The highest BCUT2D eigenvalue weighted by Gasteiger charge is 2.09. The van der Waals surface area contributed by atoms with Gasteiger partial charge < -0.3 is 10.6 Å². The van der Waals surface area contributed by atoms with Crippen LogP contribution in [0.25, 0.3) is 0 Å². The Morgan fingerprint density at radius 3 is 2.65 bits per heavy atom. The average molecular weight is 270 g/mol. The lowest BCUT2D eigenvalue weighted by Crippen LogP contribution is -2.26. The maximum Gasteiger partial charge on any atom is 0.132 e. The predicted octanol–water partition coefficient (Wildman–Crippen LogP) is 2.39. The number of rotatable bonds is 7. The molecule has 0 aliphatic heterocycles. The van der Waals surface area contributed by atoms with Crippen molar-refractivity contribution in [3.05, 3.63) is 54.0 Å². The lowest BCUT2D eigenvalue weighted by atomic mass is 10.2. The predicted molar refractivity (Wildman–Crippen MR) is 82.6 cm³/mol. The Hall–Kier alpha value is -1.94. The van der Waals surface area contributed by atoms with Crippen molar-refractivity contribution >= 4 is 5.82 Å². The molecule has 2 N–H and O–H groups in total. The molecule has 0 bridgehead atoms. The second kappa shape index (κ2) is 7.60. The third-order valence-corrected chi connectivity index (χ3v) is 3.24. The maximum atomic E-state index is 5.64. The van der Waals surface area contributed by atoms with Crippen molar-refractivity contribution in [1.29, 1.82) is 0 Å². The molecule has 2 rings (SSSR count). The van der Waals surface area contributed by atoms with E-state index in [4.69, 9.17) is 5.73 Å². The van der Waals surface area contributed by atoms with Crippen molar-refractivity contribution in [1.82, 2.24) is 9.97 Å². The number of hydrogen-bond donors (Lipinski definition) is 1. The first-order valence-electron chi connectivity index (χ1n) is 7.13. The van der Waals surface area contributed by atoms with E-state index >= 15 is 0 Å². The zero-order valence-corrected chi connectivity index (χ0v) is 12.0. The summed E-state index contributed by atoms with van der Waals surface area (Å²) in [6.07, 6.45) is 3.53. The minimum Gasteiger partial charge on any atom is -0.352 e. The topological polar surface area (TPSA) is 55.0 Å². The monoisotopic (exact) mass is 270 g/mol. The fraction of sp³-hybridized carbons (Fsp3) is 0.375. The third kappa shape index (κ3) is 4.03. The molecule has 4 heteroatoms. The van der Waals surface area contributed by atoms with Crippen LogP contribution in [-0.4, -0.2) is 23.1 Å². The van der Waals surface area contributed by atoms with E-state index in [0.29, 0.717) is 6.54 Å². The summed E-state index contributed by atoms with van der Waals surface area (Å²) in [4.78, 5) is 10.9. The van der Waals surface area contributed by atoms with Crippen LogP contribution in [-0.2, 0) is 13.0 Å². The molecule has 2 aromatic rings. The van der Waals surface area contributed by atoms with Crippen LogP contribution in [0.4, 0.5) is 5.82 Å². The Kier molecular flexibility index (Phi) is 5.50. The summed E-state index contributed by atoms with van der Waals surface area (Å²) in [5.74, 6) is 0.981. The first kappa shape index (κ1) is 14.5. The summed E-state index contributed by atoms with van der Waals surface area (Å²) in [5.41, 5.74) is 7.99. The molecule has 1 heterocycles. The van der Waals surface area contributed by atoms with Crippen LogP contribution >= 0.6 is 0 Å². The van der Waals surface area contributed by atoms with E-state index in [2.05, 4.69) is 52.1 Å². The van der Waals surface area contributed by atoms with Crippen molar-refractivity contribution in [2.24, 2.45) is 5.73 Å². The number of aromatic nitrogens is 2. The number of anilines is 1. The second-order valence-electron chi connectivity index (χ2n) is 4.77. The summed E-state index contributed by atoms with van der Waals surface area (Å²) < 4.78 is 0. The summed E-state index contributed by atoms with van der Waals surface area (Å²) in [5, 5.41) is 0. The standard InChI is InChI=1S/C16H22N4/c1-2-15-11-16(19-13-18-15)20(10-6-9-17)12-14-7-4-3-5-8-14/h3-5,7-8,11,13H,2,6,9-10,12,17H2,1H3. The van der Waals surface area contributed by atoms with Gasteiger partial charge in [0, 0.05) is 24.8 Å². The molecule has 0 atom stereocenters. The molecule has 1 aromatic heterocycles. The zero-order valence-electron chi connectivity index (χ0n) is 12.0. The van der Waals surface area contributed by atoms with Gasteiger partial charge >= 0.3 is 0 Å². The number of aryl methyl sites for hydroxylation is 1. The quantitative estimate of drug-likeness (QED) is 0.839. The number of nitrogens with two attached hydrogens (primary N) is 1. The number of benzene rings is 1. The molecule has 0 spiro atoms. The molecule has 20 heavy (non-hydrogen) atoms. The molecular weight excluding hydrogens is 248 g/mol. The highest BCUT2D eigenvalue weighted by atomic mass is 15.2. The Morgan fingerprint density at radius 2 is 1.95 bits per heavy atom. The fourth-order valence-corrected chi connectivity index (χ4v) is 2.11. The molecular formula is C16H22N4. The van der Waals surface area contributed by atoms with Gasteiger partial charge in [-0.3, -0.25) is 0 Å². The average Bonchev–Trinajstić information content (AvgIpc) is 2.52. The van der Waals surface area contributed by atoms with E-state index in [0.717, 1.165) is 37.4 Å². The van der Waals surface area contributed by atoms with Gasteiger partial charge in [0.2, 0.25) is 0 Å². The van der Waals surface area contributed by atoms with E-state index in [-0.39, 0.29) is 0 Å². The number of nitrogens with zero attached hydrogens (tertiary/aromatic N) is 3. The molecule has 0 saturated carbocycles. The van der Waals surface area contributed by atoms with Crippen LogP contribution in [0, 0.1) is 0 Å². The van der Waals surface area contributed by atoms with Gasteiger partial charge in [0.25, 0.3) is 0 Å². The van der Waals surface area contributed by atoms with Crippen LogP contribution in [0.2, 0.25) is 0 Å². The minimum atomic E-state index is 0.691. The molecule has 106 valence electrons. The largest absolute Gasteiger partial charge is 0.352 e. The lowest BCUT2D eigenvalue weighted by Gasteiger charge is -2.24. The van der Waals surface area contributed by atoms with E-state index < -0.39 is 0 Å². The van der Waals surface area contributed by atoms with E-state index in [1.807, 2.05) is 6.07 Å². The SMILES string of the molecule is CCc1cc(N(CCCN)Cc2ccccc2)ncn1. The summed E-state index contributed by atoms with van der Waals surface area (Å²) in [7, 11) is 0. The van der Waals surface area contributed by atoms with Gasteiger partial charge in [0.05, 0.1) is 0 Å². The van der Waals surface area contributed by atoms with Crippen LogP contribution in [0.15, 0.2) is 42.7 Å². The molecule has 1 aromatic carbocycles. The Morgan fingerprint density at radius 1 is 1.15 bits per heavy atom. The first-order valence-corrected chi connectivity index (χ1v) is 7.13. The smallest absolute Gasteiger partial charge is 0.132 e. The Balaban J connectivity index is 2.17. The Labute approximate surface area is 120 Å². The lowest BCUT2D eigenvalue weighted by molar-refractivity contribution is 0.723. The van der Waals surface area contributed by atoms with Gasteiger partial charge in [0.15, 0.2) is 0 Å². The van der Waals surface area contributed by atoms with E-state index in [1.165, 1.54) is 5.56 Å². The van der Waals surface area contributed by atoms with Gasteiger partial charge in [-0.1, -0.05) is 37.3 Å². The molecule has 0 aliphatic rings. The number of hydrogen-bond acceptors (Lipinski definition) is 4. The molecule has 0 aliphatic carbocycles. The van der Waals surface area contributed by atoms with Crippen LogP contribution in [0.1, 0.15) is 24.6 Å². The molecule has 0 unspecified atom stereocenters. The van der Waals surface area contributed by atoms with Crippen LogP contribution < -0.4 is 10.6 Å². The van der Waals surface area contributed by atoms with Gasteiger partial charge in [-0.15, -0.1) is 0 Å². The van der Waals surface area contributed by atoms with Crippen molar-refractivity contribution in [3.8, 4) is 0 Å². The highest BCUT2D eigenvalue weighted by Crippen LogP contribution is 2.15. The van der Waals surface area contributed by atoms with Crippen molar-refractivity contribution in [2.45, 2.75) is 26.3 Å². The van der Waals surface area contributed by atoms with Gasteiger partial charge in [0.1, 0.15) is 12.1 Å².